The van der Waals surface area contributed by atoms with Crippen molar-refractivity contribution in [2.45, 2.75) is 37.8 Å². The standard InChI is InChI=1S/C22H28N4O3/c1-29-19-8-6-16(7-9-19)21(27)25-14-20(23)15-2-4-17(5-3-15)22(28)26-18-10-12-24-13-11-18/h2-5,10-13,16,19-20H,6-9,14,23H2,1H3,(H,25,27)(H,24,26,28). The molecule has 154 valence electrons. The Balaban J connectivity index is 1.48. The number of nitrogens with zero attached hydrogens (tertiary/aromatic N) is 1. The molecule has 1 aliphatic rings. The first kappa shape index (κ1) is 21.0. The molecule has 0 aliphatic heterocycles. The highest BCUT2D eigenvalue weighted by atomic mass is 16.5. The number of hydrogen-bond acceptors (Lipinski definition) is 5. The average Bonchev–Trinajstić information content (AvgIpc) is 2.78. The fourth-order valence-corrected chi connectivity index (χ4v) is 3.55. The lowest BCUT2D eigenvalue weighted by Gasteiger charge is -2.27. The van der Waals surface area contributed by atoms with Gasteiger partial charge in [-0.25, -0.2) is 0 Å². The van der Waals surface area contributed by atoms with Crippen LogP contribution in [0.5, 0.6) is 0 Å². The molecule has 7 nitrogen and oxygen atoms in total. The van der Waals surface area contributed by atoms with Gasteiger partial charge < -0.3 is 21.1 Å². The Kier molecular flexibility index (Phi) is 7.32. The molecule has 0 bridgehead atoms. The maximum atomic E-state index is 12.4. The van der Waals surface area contributed by atoms with E-state index >= 15 is 0 Å². The molecule has 1 unspecified atom stereocenters. The molecule has 1 aliphatic carbocycles. The predicted molar refractivity (Wildman–Crippen MR) is 111 cm³/mol. The first-order chi connectivity index (χ1) is 14.1. The zero-order valence-electron chi connectivity index (χ0n) is 16.6. The summed E-state index contributed by atoms with van der Waals surface area (Å²) < 4.78 is 5.35. The van der Waals surface area contributed by atoms with Crippen molar-refractivity contribution in [3.05, 3.63) is 59.9 Å². The van der Waals surface area contributed by atoms with E-state index in [0.29, 0.717) is 17.8 Å². The number of aromatic nitrogens is 1. The van der Waals surface area contributed by atoms with E-state index in [-0.39, 0.29) is 29.9 Å². The number of benzene rings is 1. The molecule has 1 heterocycles. The summed E-state index contributed by atoms with van der Waals surface area (Å²) in [6.07, 6.45) is 7.05. The van der Waals surface area contributed by atoms with Crippen molar-refractivity contribution in [3.8, 4) is 0 Å². The van der Waals surface area contributed by atoms with Crippen molar-refractivity contribution < 1.29 is 14.3 Å². The molecule has 2 aromatic rings. The van der Waals surface area contributed by atoms with Gasteiger partial charge in [0.2, 0.25) is 5.91 Å². The molecule has 4 N–H and O–H groups in total. The molecule has 1 fully saturated rings. The second-order valence-corrected chi connectivity index (χ2v) is 7.37. The van der Waals surface area contributed by atoms with Gasteiger partial charge in [0.15, 0.2) is 0 Å². The average molecular weight is 396 g/mol. The molecule has 29 heavy (non-hydrogen) atoms. The third-order valence-corrected chi connectivity index (χ3v) is 5.41. The Bertz CT molecular complexity index is 803. The van der Waals surface area contributed by atoms with Crippen LogP contribution < -0.4 is 16.4 Å². The third-order valence-electron chi connectivity index (χ3n) is 5.41. The Morgan fingerprint density at radius 1 is 1.10 bits per heavy atom. The lowest BCUT2D eigenvalue weighted by Crippen LogP contribution is -2.38. The Labute approximate surface area is 171 Å². The summed E-state index contributed by atoms with van der Waals surface area (Å²) in [5, 5.41) is 5.78. The van der Waals surface area contributed by atoms with Crippen LogP contribution in [0.2, 0.25) is 0 Å². The number of ether oxygens (including phenoxy) is 1. The highest BCUT2D eigenvalue weighted by Gasteiger charge is 2.26. The number of nitrogens with one attached hydrogen (secondary N) is 2. The van der Waals surface area contributed by atoms with Crippen LogP contribution in [0.4, 0.5) is 5.69 Å². The van der Waals surface area contributed by atoms with Crippen molar-refractivity contribution in [2.75, 3.05) is 19.0 Å². The van der Waals surface area contributed by atoms with E-state index in [9.17, 15) is 9.59 Å². The third kappa shape index (κ3) is 5.85. The monoisotopic (exact) mass is 396 g/mol. The van der Waals surface area contributed by atoms with E-state index in [1.54, 1.807) is 43.8 Å². The minimum atomic E-state index is -0.327. The van der Waals surface area contributed by atoms with E-state index in [4.69, 9.17) is 10.5 Å². The van der Waals surface area contributed by atoms with Gasteiger partial charge in [-0.1, -0.05) is 12.1 Å². The van der Waals surface area contributed by atoms with E-state index < -0.39 is 0 Å². The number of nitrogens with two attached hydrogens (primary N) is 1. The van der Waals surface area contributed by atoms with Gasteiger partial charge in [0.25, 0.3) is 5.91 Å². The van der Waals surface area contributed by atoms with Crippen LogP contribution in [0, 0.1) is 5.92 Å². The highest BCUT2D eigenvalue weighted by Crippen LogP contribution is 2.26. The SMILES string of the molecule is COC1CCC(C(=O)NCC(N)c2ccc(C(=O)Nc3ccncc3)cc2)CC1. The smallest absolute Gasteiger partial charge is 0.255 e. The first-order valence-electron chi connectivity index (χ1n) is 9.94. The van der Waals surface area contributed by atoms with Crippen LogP contribution in [0.25, 0.3) is 0 Å². The second kappa shape index (κ2) is 10.1. The molecular weight excluding hydrogens is 368 g/mol. The number of carbonyl (C=O) groups is 2. The predicted octanol–water partition coefficient (Wildman–Crippen LogP) is 2.66. The summed E-state index contributed by atoms with van der Waals surface area (Å²) >= 11 is 0. The maximum Gasteiger partial charge on any atom is 0.255 e. The highest BCUT2D eigenvalue weighted by molar-refractivity contribution is 6.04. The van der Waals surface area contributed by atoms with Crippen molar-refractivity contribution in [1.29, 1.82) is 0 Å². The molecule has 0 saturated heterocycles. The zero-order chi connectivity index (χ0) is 20.6. The summed E-state index contributed by atoms with van der Waals surface area (Å²) in [4.78, 5) is 28.6. The molecule has 2 amide bonds. The molecule has 1 atom stereocenters. The molecule has 3 rings (SSSR count). The lowest BCUT2D eigenvalue weighted by molar-refractivity contribution is -0.126. The number of anilines is 1. The molecule has 1 aromatic carbocycles. The van der Waals surface area contributed by atoms with Gasteiger partial charge in [-0.15, -0.1) is 0 Å². The summed E-state index contributed by atoms with van der Waals surface area (Å²) in [6.45, 7) is 0.367. The zero-order valence-corrected chi connectivity index (χ0v) is 16.6. The molecule has 7 heteroatoms. The molecule has 0 spiro atoms. The van der Waals surface area contributed by atoms with E-state index in [1.165, 1.54) is 0 Å². The van der Waals surface area contributed by atoms with Crippen molar-refractivity contribution in [3.63, 3.8) is 0 Å². The minimum Gasteiger partial charge on any atom is -0.381 e. The normalized spacial score (nSPS) is 19.9. The quantitative estimate of drug-likeness (QED) is 0.667. The summed E-state index contributed by atoms with van der Waals surface area (Å²) in [6, 6.07) is 10.2. The van der Waals surface area contributed by atoms with E-state index in [1.807, 2.05) is 12.1 Å². The van der Waals surface area contributed by atoms with Gasteiger partial charge >= 0.3 is 0 Å². The number of pyridine rings is 1. The molecular formula is C22H28N4O3. The fraction of sp³-hybridized carbons (Fsp3) is 0.409. The van der Waals surface area contributed by atoms with Crippen molar-refractivity contribution in [2.24, 2.45) is 11.7 Å². The van der Waals surface area contributed by atoms with E-state index in [0.717, 1.165) is 31.2 Å². The Hall–Kier alpha value is -2.77. The molecule has 1 aromatic heterocycles. The summed E-state index contributed by atoms with van der Waals surface area (Å²) in [5.74, 6) is -0.104. The largest absolute Gasteiger partial charge is 0.381 e. The van der Waals surface area contributed by atoms with Gasteiger partial charge in [0.05, 0.1) is 6.10 Å². The maximum absolute atomic E-state index is 12.4. The summed E-state index contributed by atoms with van der Waals surface area (Å²) in [7, 11) is 1.72. The van der Waals surface area contributed by atoms with Gasteiger partial charge in [-0.2, -0.15) is 0 Å². The van der Waals surface area contributed by atoms with Crippen LogP contribution in [0.1, 0.15) is 47.6 Å². The van der Waals surface area contributed by atoms with Crippen LogP contribution in [0.3, 0.4) is 0 Å². The Morgan fingerprint density at radius 3 is 2.38 bits per heavy atom. The van der Waals surface area contributed by atoms with Crippen LogP contribution >= 0.6 is 0 Å². The van der Waals surface area contributed by atoms with Crippen LogP contribution in [-0.4, -0.2) is 36.6 Å². The number of amides is 2. The molecule has 0 radical (unpaired) electrons. The minimum absolute atomic E-state index is 0.0351. The number of carbonyl (C=O) groups excluding carboxylic acids is 2. The van der Waals surface area contributed by atoms with Gasteiger partial charge in [-0.05, 0) is 55.5 Å². The fourth-order valence-electron chi connectivity index (χ4n) is 3.55. The Morgan fingerprint density at radius 2 is 1.76 bits per heavy atom. The van der Waals surface area contributed by atoms with Crippen LogP contribution in [-0.2, 0) is 9.53 Å². The second-order valence-electron chi connectivity index (χ2n) is 7.37. The number of hydrogen-bond donors (Lipinski definition) is 3. The topological polar surface area (TPSA) is 106 Å². The van der Waals surface area contributed by atoms with Gasteiger partial charge in [0, 0.05) is 49.3 Å². The van der Waals surface area contributed by atoms with Crippen molar-refractivity contribution in [1.82, 2.24) is 10.3 Å². The van der Waals surface area contributed by atoms with Crippen molar-refractivity contribution >= 4 is 17.5 Å². The van der Waals surface area contributed by atoms with Gasteiger partial charge in [0.1, 0.15) is 0 Å². The first-order valence-corrected chi connectivity index (χ1v) is 9.94. The van der Waals surface area contributed by atoms with Crippen LogP contribution in [0.15, 0.2) is 48.8 Å². The summed E-state index contributed by atoms with van der Waals surface area (Å²) in [5.41, 5.74) is 8.32. The van der Waals surface area contributed by atoms with Gasteiger partial charge in [-0.3, -0.25) is 14.6 Å². The molecule has 1 saturated carbocycles. The lowest BCUT2D eigenvalue weighted by atomic mass is 9.86. The van der Waals surface area contributed by atoms with E-state index in [2.05, 4.69) is 15.6 Å². The number of rotatable bonds is 7. The number of methoxy groups -OCH3 is 1.